The molecule has 5 aromatic heterocycles. The highest BCUT2D eigenvalue weighted by Gasteiger charge is 2.15. The molecule has 0 amide bonds. The molecule has 0 aliphatic rings. The number of aromatic nitrogens is 9. The Hall–Kier alpha value is -5.22. The van der Waals surface area contributed by atoms with E-state index in [4.69, 9.17) is 11.6 Å². The molecular weight excluding hydrogens is 502 g/mol. The van der Waals surface area contributed by atoms with E-state index in [-0.39, 0.29) is 5.43 Å². The molecule has 2 N–H and O–H groups in total. The van der Waals surface area contributed by atoms with Crippen molar-refractivity contribution in [2.45, 2.75) is 0 Å². The van der Waals surface area contributed by atoms with E-state index >= 15 is 0 Å². The summed E-state index contributed by atoms with van der Waals surface area (Å²) in [6, 6.07) is 19.3. The van der Waals surface area contributed by atoms with Crippen LogP contribution >= 0.6 is 11.6 Å². The molecule has 7 rings (SSSR count). The number of nitrogens with zero attached hydrogens (tertiary/aromatic N) is 7. The number of hydrogen-bond acceptors (Lipinski definition) is 7. The maximum Gasteiger partial charge on any atom is 0.197 e. The number of hydrogen-bond donors (Lipinski definition) is 2. The molecule has 0 atom stereocenters. The van der Waals surface area contributed by atoms with Gasteiger partial charge in [-0.15, -0.1) is 0 Å². The lowest BCUT2D eigenvalue weighted by molar-refractivity contribution is 0.979. The summed E-state index contributed by atoms with van der Waals surface area (Å²) in [5.74, 6) is 0.636. The van der Waals surface area contributed by atoms with Gasteiger partial charge in [0.25, 0.3) is 0 Å². The van der Waals surface area contributed by atoms with E-state index in [0.717, 1.165) is 11.1 Å². The average molecular weight is 520 g/mol. The van der Waals surface area contributed by atoms with Crippen LogP contribution in [0.1, 0.15) is 0 Å². The van der Waals surface area contributed by atoms with Gasteiger partial charge in [0.15, 0.2) is 27.7 Å². The maximum absolute atomic E-state index is 13.3. The van der Waals surface area contributed by atoms with Gasteiger partial charge >= 0.3 is 0 Å². The number of benzene rings is 2. The largest absolute Gasteiger partial charge is 0.341 e. The highest BCUT2D eigenvalue weighted by Crippen LogP contribution is 2.24. The van der Waals surface area contributed by atoms with Crippen molar-refractivity contribution in [1.29, 1.82) is 0 Å². The van der Waals surface area contributed by atoms with Gasteiger partial charge in [-0.05, 0) is 11.1 Å². The van der Waals surface area contributed by atoms with Crippen LogP contribution in [0.2, 0.25) is 5.15 Å². The second-order valence-corrected chi connectivity index (χ2v) is 8.48. The highest BCUT2D eigenvalue weighted by molar-refractivity contribution is 6.33. The van der Waals surface area contributed by atoms with Crippen LogP contribution in [0.4, 0.5) is 0 Å². The van der Waals surface area contributed by atoms with Gasteiger partial charge in [0.05, 0.1) is 12.7 Å². The summed E-state index contributed by atoms with van der Waals surface area (Å²) in [4.78, 5) is 43.5. The Balaban J connectivity index is 0.000000221. The first kappa shape index (κ1) is 23.2. The number of aromatic amines is 2. The van der Waals surface area contributed by atoms with Crippen molar-refractivity contribution in [3.05, 3.63) is 114 Å². The fourth-order valence-corrected chi connectivity index (χ4v) is 4.21. The van der Waals surface area contributed by atoms with Crippen molar-refractivity contribution in [2.24, 2.45) is 0 Å². The molecule has 0 radical (unpaired) electrons. The number of imidazole rings is 2. The predicted molar refractivity (Wildman–Crippen MR) is 145 cm³/mol. The Morgan fingerprint density at radius 3 is 1.74 bits per heavy atom. The molecule has 0 saturated carbocycles. The van der Waals surface area contributed by atoms with E-state index in [1.54, 1.807) is 6.33 Å². The summed E-state index contributed by atoms with van der Waals surface area (Å²) < 4.78 is 1.86. The molecule has 7 aromatic rings. The molecule has 38 heavy (non-hydrogen) atoms. The minimum atomic E-state index is -0.0245. The number of pyridine rings is 1. The van der Waals surface area contributed by atoms with Gasteiger partial charge in [-0.25, -0.2) is 29.9 Å². The smallest absolute Gasteiger partial charge is 0.197 e. The minimum absolute atomic E-state index is 0.0245. The lowest BCUT2D eigenvalue weighted by Crippen LogP contribution is -2.13. The second kappa shape index (κ2) is 10.0. The fraction of sp³-hybridized carbons (Fsp3) is 0. The van der Waals surface area contributed by atoms with Crippen LogP contribution < -0.4 is 5.43 Å². The monoisotopic (exact) mass is 519 g/mol. The minimum Gasteiger partial charge on any atom is -0.341 e. The van der Waals surface area contributed by atoms with E-state index < -0.39 is 0 Å². The normalized spacial score (nSPS) is 10.9. The van der Waals surface area contributed by atoms with Gasteiger partial charge in [0, 0.05) is 23.5 Å². The third-order valence-corrected chi connectivity index (χ3v) is 6.11. The molecule has 0 spiro atoms. The summed E-state index contributed by atoms with van der Waals surface area (Å²) in [6.07, 6.45) is 9.60. The van der Waals surface area contributed by atoms with Gasteiger partial charge in [0.1, 0.15) is 23.7 Å². The van der Waals surface area contributed by atoms with Crippen LogP contribution in [0, 0.1) is 0 Å². The van der Waals surface area contributed by atoms with Crippen LogP contribution in [-0.4, -0.2) is 44.4 Å². The zero-order valence-electron chi connectivity index (χ0n) is 19.7. The summed E-state index contributed by atoms with van der Waals surface area (Å²) in [5, 5.41) is 0.405. The van der Waals surface area contributed by atoms with Crippen LogP contribution in [0.3, 0.4) is 0 Å². The van der Waals surface area contributed by atoms with E-state index in [0.29, 0.717) is 44.4 Å². The Morgan fingerprint density at radius 1 is 0.632 bits per heavy atom. The average Bonchev–Trinajstić information content (AvgIpc) is 3.65. The van der Waals surface area contributed by atoms with Crippen molar-refractivity contribution in [2.75, 3.05) is 0 Å². The van der Waals surface area contributed by atoms with Crippen molar-refractivity contribution < 1.29 is 0 Å². The number of halogens is 1. The van der Waals surface area contributed by atoms with Crippen molar-refractivity contribution in [3.8, 4) is 28.1 Å². The first-order chi connectivity index (χ1) is 18.7. The first-order valence-electron chi connectivity index (χ1n) is 11.5. The quantitative estimate of drug-likeness (QED) is 0.319. The molecule has 0 aliphatic heterocycles. The van der Waals surface area contributed by atoms with E-state index in [9.17, 15) is 4.79 Å². The van der Waals surface area contributed by atoms with Gasteiger partial charge in [-0.1, -0.05) is 72.3 Å². The van der Waals surface area contributed by atoms with Crippen LogP contribution in [-0.2, 0) is 0 Å². The zero-order valence-corrected chi connectivity index (χ0v) is 20.4. The van der Waals surface area contributed by atoms with E-state index in [1.807, 2.05) is 77.6 Å². The number of fused-ring (bicyclic) bond motifs is 2. The maximum atomic E-state index is 13.3. The molecule has 0 aliphatic carbocycles. The lowest BCUT2D eigenvalue weighted by atomic mass is 10.0. The molecule has 11 heteroatoms. The van der Waals surface area contributed by atoms with E-state index in [1.165, 1.54) is 19.0 Å². The lowest BCUT2D eigenvalue weighted by Gasteiger charge is -2.12. The molecule has 0 fully saturated rings. The molecule has 10 nitrogen and oxygen atoms in total. The van der Waals surface area contributed by atoms with Crippen molar-refractivity contribution >= 4 is 33.9 Å². The van der Waals surface area contributed by atoms with Crippen molar-refractivity contribution in [3.63, 3.8) is 0 Å². The Labute approximate surface area is 220 Å². The Kier molecular flexibility index (Phi) is 6.12. The second-order valence-electron chi connectivity index (χ2n) is 8.12. The topological polar surface area (TPSA) is 131 Å². The zero-order chi connectivity index (χ0) is 25.9. The third kappa shape index (κ3) is 4.40. The van der Waals surface area contributed by atoms with E-state index in [2.05, 4.69) is 39.9 Å². The molecule has 0 bridgehead atoms. The molecule has 0 saturated heterocycles. The van der Waals surface area contributed by atoms with Gasteiger partial charge in [0.2, 0.25) is 0 Å². The standard InChI is InChI=1S/C22H15N5O.C5H3ClN4/c28-20-17(15-7-3-1-4-8-15)11-27(12-18(20)16-9-5-2-6-10-16)22-19-21(24-13-23-19)25-14-26-22;6-4-3-5(9-1-7-3)10-2-8-4/h1-14H,(H,23,24,25,26);1-2H,(H,7,8,9,10). The van der Waals surface area contributed by atoms with Gasteiger partial charge in [-0.3, -0.25) is 4.79 Å². The number of rotatable bonds is 3. The fourth-order valence-electron chi connectivity index (χ4n) is 4.03. The van der Waals surface area contributed by atoms with Crippen LogP contribution in [0.15, 0.2) is 103 Å². The van der Waals surface area contributed by atoms with Gasteiger partial charge < -0.3 is 14.5 Å². The third-order valence-electron chi connectivity index (χ3n) is 5.82. The summed E-state index contributed by atoms with van der Waals surface area (Å²) in [6.45, 7) is 0. The molecule has 0 unspecified atom stereocenters. The van der Waals surface area contributed by atoms with Crippen LogP contribution in [0.5, 0.6) is 0 Å². The number of nitrogens with one attached hydrogen (secondary N) is 2. The first-order valence-corrected chi connectivity index (χ1v) is 11.9. The Bertz CT molecular complexity index is 1850. The number of H-pyrrole nitrogens is 2. The molecular formula is C27H18ClN9O. The predicted octanol–water partition coefficient (Wildman–Crippen LogP) is 4.84. The van der Waals surface area contributed by atoms with Crippen molar-refractivity contribution in [1.82, 2.24) is 44.4 Å². The molecule has 184 valence electrons. The summed E-state index contributed by atoms with van der Waals surface area (Å²) in [7, 11) is 0. The SMILES string of the molecule is Clc1ncnc2nc[nH]c12.O=c1c(-c2ccccc2)cn(-c2ncnc3nc[nH]c23)cc1-c1ccccc1. The Morgan fingerprint density at radius 2 is 1.16 bits per heavy atom. The summed E-state index contributed by atoms with van der Waals surface area (Å²) >= 11 is 5.68. The summed E-state index contributed by atoms with van der Waals surface area (Å²) in [5.41, 5.74) is 5.47. The van der Waals surface area contributed by atoms with Gasteiger partial charge in [-0.2, -0.15) is 0 Å². The highest BCUT2D eigenvalue weighted by atomic mass is 35.5. The molecule has 5 heterocycles. The molecule has 2 aromatic carbocycles. The van der Waals surface area contributed by atoms with Crippen LogP contribution in [0.25, 0.3) is 50.4 Å².